The third-order valence-corrected chi connectivity index (χ3v) is 3.08. The number of rotatable bonds is 3. The lowest BCUT2D eigenvalue weighted by Crippen LogP contribution is -2.01. The molecule has 0 aliphatic heterocycles. The molecule has 0 aliphatic carbocycles. The molecule has 0 saturated heterocycles. The second kappa shape index (κ2) is 5.52. The number of pyridine rings is 1. The fourth-order valence-corrected chi connectivity index (χ4v) is 2.36. The van der Waals surface area contributed by atoms with E-state index in [0.29, 0.717) is 15.5 Å². The highest BCUT2D eigenvalue weighted by atomic mass is 79.9. The largest absolute Gasteiger partial charge is 0.265 e. The zero-order chi connectivity index (χ0) is 11.4. The summed E-state index contributed by atoms with van der Waals surface area (Å²) in [6, 6.07) is 3.18. The highest BCUT2D eigenvalue weighted by Crippen LogP contribution is 2.27. The van der Waals surface area contributed by atoms with Crippen molar-refractivity contribution in [2.24, 2.45) is 0 Å². The number of nitrogens with zero attached hydrogens (tertiary/aromatic N) is 2. The molecule has 0 aliphatic rings. The number of hydrogen-bond acceptors (Lipinski definition) is 2. The Morgan fingerprint density at radius 3 is 2.67 bits per heavy atom. The van der Waals surface area contributed by atoms with Gasteiger partial charge in [0.25, 0.3) is 6.43 Å². The Kier molecular flexibility index (Phi) is 4.61. The highest BCUT2D eigenvalue weighted by molar-refractivity contribution is 9.10. The van der Waals surface area contributed by atoms with Gasteiger partial charge in [0.05, 0.1) is 18.2 Å². The Morgan fingerprint density at radius 2 is 2.20 bits per heavy atom. The first kappa shape index (κ1) is 12.5. The number of hydrogen-bond donors (Lipinski definition) is 0. The third-order valence-electron chi connectivity index (χ3n) is 1.79. The van der Waals surface area contributed by atoms with E-state index in [-0.39, 0.29) is 17.7 Å². The molecule has 0 amide bonds. The van der Waals surface area contributed by atoms with Crippen LogP contribution < -0.4 is 0 Å². The molecule has 2 nitrogen and oxygen atoms in total. The normalized spacial score (nSPS) is 10.4. The molecule has 1 heterocycles. The number of aromatic nitrogens is 1. The van der Waals surface area contributed by atoms with Crippen LogP contribution in [0.4, 0.5) is 8.78 Å². The third kappa shape index (κ3) is 2.95. The van der Waals surface area contributed by atoms with E-state index in [4.69, 9.17) is 5.26 Å². The smallest absolute Gasteiger partial charge is 0.244 e. The van der Waals surface area contributed by atoms with E-state index < -0.39 is 6.43 Å². The van der Waals surface area contributed by atoms with E-state index in [0.717, 1.165) is 0 Å². The van der Waals surface area contributed by atoms with E-state index >= 15 is 0 Å². The van der Waals surface area contributed by atoms with Gasteiger partial charge in [0, 0.05) is 10.9 Å². The molecule has 15 heavy (non-hydrogen) atoms. The lowest BCUT2D eigenvalue weighted by molar-refractivity contribution is 0.149. The van der Waals surface area contributed by atoms with Gasteiger partial charge >= 0.3 is 0 Å². The zero-order valence-corrected chi connectivity index (χ0v) is 10.6. The summed E-state index contributed by atoms with van der Waals surface area (Å²) in [4.78, 5) is 3.94. The predicted molar refractivity (Wildman–Crippen MR) is 58.8 cm³/mol. The summed E-state index contributed by atoms with van der Waals surface area (Å²) in [6.07, 6.45) is -2.72. The first-order chi connectivity index (χ1) is 7.10. The second-order valence-corrected chi connectivity index (χ2v) is 4.06. The van der Waals surface area contributed by atoms with Gasteiger partial charge in [-0.05, 0) is 27.6 Å². The average Bonchev–Trinajstić information content (AvgIpc) is 2.18. The summed E-state index contributed by atoms with van der Waals surface area (Å²) in [7, 11) is 0. The lowest BCUT2D eigenvalue weighted by Gasteiger charge is -2.08. The van der Waals surface area contributed by atoms with Gasteiger partial charge in [-0.2, -0.15) is 5.26 Å². The Bertz CT molecular complexity index is 402. The van der Waals surface area contributed by atoms with Crippen LogP contribution in [0.1, 0.15) is 23.2 Å². The Morgan fingerprint density at radius 1 is 1.53 bits per heavy atom. The minimum atomic E-state index is -2.60. The maximum atomic E-state index is 12.6. The molecule has 80 valence electrons. The molecule has 1 aromatic rings. The van der Waals surface area contributed by atoms with Crippen molar-refractivity contribution in [3.8, 4) is 6.07 Å². The van der Waals surface area contributed by atoms with Crippen LogP contribution in [-0.2, 0) is 11.8 Å². The van der Waals surface area contributed by atoms with Crippen molar-refractivity contribution in [3.63, 3.8) is 0 Å². The molecule has 1 rings (SSSR count). The molecule has 0 bridgehead atoms. The Balaban J connectivity index is 3.26. The van der Waals surface area contributed by atoms with Crippen LogP contribution in [0.3, 0.4) is 0 Å². The van der Waals surface area contributed by atoms with Gasteiger partial charge in [0.2, 0.25) is 0 Å². The van der Waals surface area contributed by atoms with Crippen LogP contribution >= 0.6 is 31.9 Å². The van der Waals surface area contributed by atoms with Gasteiger partial charge < -0.3 is 0 Å². The molecule has 0 saturated carbocycles. The number of nitriles is 1. The zero-order valence-electron chi connectivity index (χ0n) is 7.48. The minimum absolute atomic E-state index is 0.110. The number of halogens is 4. The average molecular weight is 340 g/mol. The molecule has 0 unspecified atom stereocenters. The molecule has 0 N–H and O–H groups in total. The topological polar surface area (TPSA) is 36.7 Å². The van der Waals surface area contributed by atoms with Gasteiger partial charge in [0.15, 0.2) is 0 Å². The molecule has 0 radical (unpaired) electrons. The van der Waals surface area contributed by atoms with E-state index in [9.17, 15) is 8.78 Å². The number of alkyl halides is 3. The van der Waals surface area contributed by atoms with Crippen LogP contribution in [-0.4, -0.2) is 4.98 Å². The van der Waals surface area contributed by atoms with Crippen LogP contribution in [0.5, 0.6) is 0 Å². The predicted octanol–water partition coefficient (Wildman–Crippen LogP) is 3.74. The lowest BCUT2D eigenvalue weighted by atomic mass is 10.1. The maximum Gasteiger partial charge on any atom is 0.265 e. The van der Waals surface area contributed by atoms with E-state index in [2.05, 4.69) is 36.8 Å². The van der Waals surface area contributed by atoms with E-state index in [1.54, 1.807) is 0 Å². The minimum Gasteiger partial charge on any atom is -0.244 e. The molecule has 6 heteroatoms. The molecular formula is C9H6Br2F2N2. The van der Waals surface area contributed by atoms with Gasteiger partial charge in [-0.3, -0.25) is 0 Å². The SMILES string of the molecule is N#CCc1nc(Br)c(CBr)cc1C(F)F. The van der Waals surface area contributed by atoms with Crippen molar-refractivity contribution in [2.75, 3.05) is 0 Å². The van der Waals surface area contributed by atoms with Gasteiger partial charge in [-0.15, -0.1) is 0 Å². The Labute approximate surface area is 103 Å². The van der Waals surface area contributed by atoms with Crippen LogP contribution in [0.25, 0.3) is 0 Å². The first-order valence-electron chi connectivity index (χ1n) is 3.99. The van der Waals surface area contributed by atoms with Crippen molar-refractivity contribution in [3.05, 3.63) is 27.5 Å². The summed E-state index contributed by atoms with van der Waals surface area (Å²) < 4.78 is 25.7. The summed E-state index contributed by atoms with van der Waals surface area (Å²) in [5.41, 5.74) is 0.602. The van der Waals surface area contributed by atoms with Crippen LogP contribution in [0.2, 0.25) is 0 Å². The van der Waals surface area contributed by atoms with Crippen LogP contribution in [0.15, 0.2) is 10.7 Å². The first-order valence-corrected chi connectivity index (χ1v) is 5.90. The standard InChI is InChI=1S/C9H6Br2F2N2/c10-4-5-3-6(9(12)13)7(1-2-14)15-8(5)11/h3,9H,1,4H2. The monoisotopic (exact) mass is 338 g/mol. The van der Waals surface area contributed by atoms with Crippen LogP contribution in [0, 0.1) is 11.3 Å². The molecule has 1 aromatic heterocycles. The summed E-state index contributed by atoms with van der Waals surface area (Å²) in [5.74, 6) is 0. The molecule has 0 aromatic carbocycles. The fraction of sp³-hybridized carbons (Fsp3) is 0.333. The van der Waals surface area contributed by atoms with Crippen molar-refractivity contribution >= 4 is 31.9 Å². The highest BCUT2D eigenvalue weighted by Gasteiger charge is 2.16. The van der Waals surface area contributed by atoms with Gasteiger partial charge in [0.1, 0.15) is 4.60 Å². The fourth-order valence-electron chi connectivity index (χ4n) is 1.08. The van der Waals surface area contributed by atoms with E-state index in [1.807, 2.05) is 6.07 Å². The van der Waals surface area contributed by atoms with Crippen molar-refractivity contribution in [1.29, 1.82) is 5.26 Å². The summed E-state index contributed by atoms with van der Waals surface area (Å²) >= 11 is 6.34. The molecule has 0 fully saturated rings. The van der Waals surface area contributed by atoms with Gasteiger partial charge in [-0.1, -0.05) is 15.9 Å². The molecule has 0 spiro atoms. The van der Waals surface area contributed by atoms with Crippen molar-refractivity contribution < 1.29 is 8.78 Å². The van der Waals surface area contributed by atoms with Gasteiger partial charge in [-0.25, -0.2) is 13.8 Å². The second-order valence-electron chi connectivity index (χ2n) is 2.74. The maximum absolute atomic E-state index is 12.6. The molecular weight excluding hydrogens is 334 g/mol. The van der Waals surface area contributed by atoms with Crippen molar-refractivity contribution in [2.45, 2.75) is 18.2 Å². The quantitative estimate of drug-likeness (QED) is 0.621. The van der Waals surface area contributed by atoms with Crippen molar-refractivity contribution in [1.82, 2.24) is 4.98 Å². The Hall–Kier alpha value is -0.540. The summed E-state index contributed by atoms with van der Waals surface area (Å²) in [6.45, 7) is 0. The molecule has 0 atom stereocenters. The summed E-state index contributed by atoms with van der Waals surface area (Å²) in [5, 5.41) is 8.92. The van der Waals surface area contributed by atoms with E-state index in [1.165, 1.54) is 6.07 Å².